The van der Waals surface area contributed by atoms with E-state index < -0.39 is 0 Å². The minimum absolute atomic E-state index is 0.333. The summed E-state index contributed by atoms with van der Waals surface area (Å²) in [4.78, 5) is 13.7. The van der Waals surface area contributed by atoms with Crippen molar-refractivity contribution >= 4 is 5.78 Å². The molecule has 2 unspecified atom stereocenters. The van der Waals surface area contributed by atoms with Crippen molar-refractivity contribution in [1.82, 2.24) is 4.90 Å². The van der Waals surface area contributed by atoms with Gasteiger partial charge in [0.05, 0.1) is 0 Å². The molecule has 15 heavy (non-hydrogen) atoms. The second-order valence-electron chi connectivity index (χ2n) is 5.31. The Kier molecular flexibility index (Phi) is 2.30. The van der Waals surface area contributed by atoms with Crippen molar-refractivity contribution in [3.8, 4) is 0 Å². The molecular formula is C13H19NO. The molecule has 2 atom stereocenters. The normalized spacial score (nSPS) is 35.6. The largest absolute Gasteiger partial charge is 0.374 e. The molecule has 0 aromatic heterocycles. The van der Waals surface area contributed by atoms with Crippen molar-refractivity contribution in [3.05, 3.63) is 11.8 Å². The number of carbonyl (C=O) groups excluding carboxylic acids is 1. The van der Waals surface area contributed by atoms with Gasteiger partial charge in [-0.3, -0.25) is 4.79 Å². The number of rotatable bonds is 1. The standard InChI is InChI=1S/C13H19NO/c15-13-6-5-12(7-13)14-8-10-3-1-2-4-11(10)9-14/h7,10-11H,1-6,8-9H2. The van der Waals surface area contributed by atoms with Crippen molar-refractivity contribution in [1.29, 1.82) is 0 Å². The molecule has 1 saturated heterocycles. The predicted molar refractivity (Wildman–Crippen MR) is 59.3 cm³/mol. The van der Waals surface area contributed by atoms with Crippen LogP contribution in [-0.2, 0) is 4.79 Å². The fourth-order valence-corrected chi connectivity index (χ4v) is 3.47. The van der Waals surface area contributed by atoms with Crippen molar-refractivity contribution in [2.45, 2.75) is 38.5 Å². The second-order valence-corrected chi connectivity index (χ2v) is 5.31. The van der Waals surface area contributed by atoms with Crippen LogP contribution in [0.2, 0.25) is 0 Å². The molecule has 0 aromatic rings. The van der Waals surface area contributed by atoms with Crippen molar-refractivity contribution in [2.75, 3.05) is 13.1 Å². The molecule has 3 rings (SSSR count). The van der Waals surface area contributed by atoms with Crippen LogP contribution in [0.25, 0.3) is 0 Å². The summed E-state index contributed by atoms with van der Waals surface area (Å²) < 4.78 is 0. The molecule has 0 bridgehead atoms. The van der Waals surface area contributed by atoms with Crippen LogP contribution in [0.4, 0.5) is 0 Å². The quantitative estimate of drug-likeness (QED) is 0.655. The van der Waals surface area contributed by atoms with Crippen LogP contribution in [-0.4, -0.2) is 23.8 Å². The third-order valence-corrected chi connectivity index (χ3v) is 4.34. The lowest BCUT2D eigenvalue weighted by atomic mass is 9.82. The second kappa shape index (κ2) is 3.66. The van der Waals surface area contributed by atoms with Gasteiger partial charge in [-0.2, -0.15) is 0 Å². The molecule has 82 valence electrons. The number of hydrogen-bond donors (Lipinski definition) is 0. The number of allylic oxidation sites excluding steroid dienone is 2. The van der Waals surface area contributed by atoms with E-state index in [4.69, 9.17) is 0 Å². The molecule has 0 spiro atoms. The van der Waals surface area contributed by atoms with Crippen molar-refractivity contribution in [3.63, 3.8) is 0 Å². The van der Waals surface area contributed by atoms with Gasteiger partial charge in [0, 0.05) is 31.3 Å². The zero-order chi connectivity index (χ0) is 10.3. The highest BCUT2D eigenvalue weighted by Crippen LogP contribution is 2.38. The smallest absolute Gasteiger partial charge is 0.157 e. The zero-order valence-electron chi connectivity index (χ0n) is 9.24. The molecule has 2 fully saturated rings. The van der Waals surface area contributed by atoms with E-state index in [1.807, 2.05) is 6.08 Å². The first kappa shape index (κ1) is 9.44. The first-order chi connectivity index (χ1) is 7.33. The SMILES string of the molecule is O=C1C=C(N2CC3CCCCC3C2)CC1. The minimum atomic E-state index is 0.333. The molecule has 1 saturated carbocycles. The van der Waals surface area contributed by atoms with Gasteiger partial charge in [0.1, 0.15) is 0 Å². The number of nitrogens with zero attached hydrogens (tertiary/aromatic N) is 1. The summed E-state index contributed by atoms with van der Waals surface area (Å²) in [5.74, 6) is 2.19. The molecule has 1 heterocycles. The van der Waals surface area contributed by atoms with Crippen LogP contribution in [0, 0.1) is 11.8 Å². The summed E-state index contributed by atoms with van der Waals surface area (Å²) in [6.45, 7) is 2.45. The molecule has 2 heteroatoms. The summed E-state index contributed by atoms with van der Waals surface area (Å²) >= 11 is 0. The molecule has 2 nitrogen and oxygen atoms in total. The lowest BCUT2D eigenvalue weighted by Gasteiger charge is -2.22. The van der Waals surface area contributed by atoms with Gasteiger partial charge in [-0.05, 0) is 31.1 Å². The van der Waals surface area contributed by atoms with Crippen molar-refractivity contribution in [2.24, 2.45) is 11.8 Å². The Labute approximate surface area is 91.3 Å². The van der Waals surface area contributed by atoms with Crippen LogP contribution in [0.5, 0.6) is 0 Å². The average Bonchev–Trinajstić information content (AvgIpc) is 2.82. The van der Waals surface area contributed by atoms with E-state index in [2.05, 4.69) is 4.90 Å². The van der Waals surface area contributed by atoms with E-state index >= 15 is 0 Å². The van der Waals surface area contributed by atoms with E-state index in [0.717, 1.165) is 24.7 Å². The Hall–Kier alpha value is -0.790. The maximum absolute atomic E-state index is 11.2. The fourth-order valence-electron chi connectivity index (χ4n) is 3.47. The first-order valence-electron chi connectivity index (χ1n) is 6.31. The Morgan fingerprint density at radius 3 is 2.27 bits per heavy atom. The predicted octanol–water partition coefficient (Wildman–Crippen LogP) is 2.36. The van der Waals surface area contributed by atoms with E-state index in [0.29, 0.717) is 5.78 Å². The van der Waals surface area contributed by atoms with Crippen LogP contribution < -0.4 is 0 Å². The number of hydrogen-bond acceptors (Lipinski definition) is 2. The Morgan fingerprint density at radius 1 is 1.07 bits per heavy atom. The number of ketones is 1. The van der Waals surface area contributed by atoms with Gasteiger partial charge in [-0.15, -0.1) is 0 Å². The summed E-state index contributed by atoms with van der Waals surface area (Å²) in [5.41, 5.74) is 1.33. The van der Waals surface area contributed by atoms with Gasteiger partial charge >= 0.3 is 0 Å². The van der Waals surface area contributed by atoms with Gasteiger partial charge in [0.15, 0.2) is 5.78 Å². The lowest BCUT2D eigenvalue weighted by Crippen LogP contribution is -2.19. The van der Waals surface area contributed by atoms with Crippen LogP contribution in [0.3, 0.4) is 0 Å². The van der Waals surface area contributed by atoms with E-state index in [-0.39, 0.29) is 0 Å². The monoisotopic (exact) mass is 205 g/mol. The van der Waals surface area contributed by atoms with Gasteiger partial charge < -0.3 is 4.90 Å². The zero-order valence-corrected chi connectivity index (χ0v) is 9.24. The van der Waals surface area contributed by atoms with Gasteiger partial charge in [-0.25, -0.2) is 0 Å². The Bertz CT molecular complexity index is 294. The maximum Gasteiger partial charge on any atom is 0.157 e. The summed E-state index contributed by atoms with van der Waals surface area (Å²) in [6, 6.07) is 0. The minimum Gasteiger partial charge on any atom is -0.374 e. The van der Waals surface area contributed by atoms with Gasteiger partial charge in [0.2, 0.25) is 0 Å². The first-order valence-corrected chi connectivity index (χ1v) is 6.31. The van der Waals surface area contributed by atoms with Gasteiger partial charge in [0.25, 0.3) is 0 Å². The average molecular weight is 205 g/mol. The number of likely N-dealkylation sites (tertiary alicyclic amines) is 1. The van der Waals surface area contributed by atoms with Crippen LogP contribution in [0.1, 0.15) is 38.5 Å². The van der Waals surface area contributed by atoms with Gasteiger partial charge in [-0.1, -0.05) is 12.8 Å². The molecule has 1 aliphatic heterocycles. The third-order valence-electron chi connectivity index (χ3n) is 4.34. The summed E-state index contributed by atoms with van der Waals surface area (Å²) in [6.07, 6.45) is 9.32. The molecule has 3 aliphatic rings. The third kappa shape index (κ3) is 1.70. The summed E-state index contributed by atoms with van der Waals surface area (Å²) in [7, 11) is 0. The van der Waals surface area contributed by atoms with Crippen molar-refractivity contribution < 1.29 is 4.79 Å². The molecule has 0 radical (unpaired) electrons. The fraction of sp³-hybridized carbons (Fsp3) is 0.769. The molecule has 2 aliphatic carbocycles. The highest BCUT2D eigenvalue weighted by molar-refractivity contribution is 5.92. The van der Waals surface area contributed by atoms with Crippen LogP contribution in [0.15, 0.2) is 11.8 Å². The molecule has 0 amide bonds. The van der Waals surface area contributed by atoms with E-state index in [1.54, 1.807) is 0 Å². The van der Waals surface area contributed by atoms with E-state index in [1.165, 1.54) is 44.5 Å². The Balaban J connectivity index is 1.70. The molecular weight excluding hydrogens is 186 g/mol. The highest BCUT2D eigenvalue weighted by atomic mass is 16.1. The molecule has 0 aromatic carbocycles. The lowest BCUT2D eigenvalue weighted by molar-refractivity contribution is -0.114. The number of fused-ring (bicyclic) bond motifs is 1. The summed E-state index contributed by atoms with van der Waals surface area (Å²) in [5, 5.41) is 0. The van der Waals surface area contributed by atoms with Crippen LogP contribution >= 0.6 is 0 Å². The number of carbonyl (C=O) groups is 1. The highest BCUT2D eigenvalue weighted by Gasteiger charge is 2.35. The Morgan fingerprint density at radius 2 is 1.73 bits per heavy atom. The van der Waals surface area contributed by atoms with E-state index in [9.17, 15) is 4.79 Å². The molecule has 0 N–H and O–H groups in total. The maximum atomic E-state index is 11.2. The topological polar surface area (TPSA) is 20.3 Å².